The fourth-order valence-corrected chi connectivity index (χ4v) is 3.09. The van der Waals surface area contributed by atoms with Crippen LogP contribution in [0.5, 0.6) is 0 Å². The second kappa shape index (κ2) is 6.30. The largest absolute Gasteiger partial charge is 0.478 e. The summed E-state index contributed by atoms with van der Waals surface area (Å²) in [5, 5.41) is 18.7. The highest BCUT2D eigenvalue weighted by atomic mass is 16.4. The van der Waals surface area contributed by atoms with E-state index in [4.69, 9.17) is 5.11 Å². The van der Waals surface area contributed by atoms with Crippen molar-refractivity contribution in [3.63, 3.8) is 0 Å². The van der Waals surface area contributed by atoms with Crippen LogP contribution in [0.3, 0.4) is 0 Å². The average Bonchev–Trinajstić information content (AvgIpc) is 2.55. The predicted octanol–water partition coefficient (Wildman–Crippen LogP) is 2.48. The molecule has 0 saturated heterocycles. The molecule has 1 unspecified atom stereocenters. The van der Waals surface area contributed by atoms with Crippen molar-refractivity contribution in [2.45, 2.75) is 19.0 Å². The summed E-state index contributed by atoms with van der Waals surface area (Å²) < 4.78 is 0. The quantitative estimate of drug-likeness (QED) is 0.910. The molecule has 0 amide bonds. The van der Waals surface area contributed by atoms with E-state index in [0.29, 0.717) is 12.1 Å². The van der Waals surface area contributed by atoms with Crippen molar-refractivity contribution in [3.8, 4) is 0 Å². The first kappa shape index (κ1) is 14.8. The summed E-state index contributed by atoms with van der Waals surface area (Å²) in [6.45, 7) is 1.69. The Morgan fingerprint density at radius 3 is 2.55 bits per heavy atom. The first-order valence-corrected chi connectivity index (χ1v) is 7.44. The maximum Gasteiger partial charge on any atom is 0.335 e. The SMILES string of the molecule is O=C(O)c1ccc(CN2CCc3ccccc3C2CO)cc1. The van der Waals surface area contributed by atoms with Crippen LogP contribution in [0.25, 0.3) is 0 Å². The Morgan fingerprint density at radius 1 is 1.14 bits per heavy atom. The van der Waals surface area contributed by atoms with Gasteiger partial charge in [0.05, 0.1) is 18.2 Å². The molecule has 2 aromatic rings. The van der Waals surface area contributed by atoms with Crippen LogP contribution >= 0.6 is 0 Å². The lowest BCUT2D eigenvalue weighted by atomic mass is 9.92. The van der Waals surface area contributed by atoms with E-state index in [0.717, 1.165) is 18.5 Å². The highest BCUT2D eigenvalue weighted by molar-refractivity contribution is 5.87. The predicted molar refractivity (Wildman–Crippen MR) is 83.8 cm³/mol. The van der Waals surface area contributed by atoms with Crippen LogP contribution in [0.4, 0.5) is 0 Å². The number of hydrogen-bond acceptors (Lipinski definition) is 3. The number of nitrogens with zero attached hydrogens (tertiary/aromatic N) is 1. The van der Waals surface area contributed by atoms with E-state index in [1.165, 1.54) is 11.1 Å². The monoisotopic (exact) mass is 297 g/mol. The number of fused-ring (bicyclic) bond motifs is 1. The fourth-order valence-electron chi connectivity index (χ4n) is 3.09. The Labute approximate surface area is 129 Å². The number of benzene rings is 2. The van der Waals surface area contributed by atoms with E-state index in [-0.39, 0.29) is 12.6 Å². The highest BCUT2D eigenvalue weighted by Gasteiger charge is 2.26. The van der Waals surface area contributed by atoms with Crippen molar-refractivity contribution in [3.05, 3.63) is 70.8 Å². The highest BCUT2D eigenvalue weighted by Crippen LogP contribution is 2.30. The van der Waals surface area contributed by atoms with Crippen molar-refractivity contribution >= 4 is 5.97 Å². The summed E-state index contributed by atoms with van der Waals surface area (Å²) in [7, 11) is 0. The topological polar surface area (TPSA) is 60.8 Å². The van der Waals surface area contributed by atoms with E-state index in [9.17, 15) is 9.90 Å². The first-order valence-electron chi connectivity index (χ1n) is 7.44. The van der Waals surface area contributed by atoms with Crippen molar-refractivity contribution in [2.24, 2.45) is 0 Å². The van der Waals surface area contributed by atoms with Gasteiger partial charge in [0.1, 0.15) is 0 Å². The van der Waals surface area contributed by atoms with Gasteiger partial charge in [0.15, 0.2) is 0 Å². The normalized spacial score (nSPS) is 18.0. The lowest BCUT2D eigenvalue weighted by Gasteiger charge is -2.36. The molecule has 4 nitrogen and oxygen atoms in total. The Balaban J connectivity index is 1.79. The fraction of sp³-hybridized carbons (Fsp3) is 0.278. The molecule has 0 aromatic heterocycles. The molecule has 0 bridgehead atoms. The number of rotatable bonds is 4. The van der Waals surface area contributed by atoms with Gasteiger partial charge >= 0.3 is 5.97 Å². The summed E-state index contributed by atoms with van der Waals surface area (Å²) >= 11 is 0. The molecule has 0 spiro atoms. The zero-order valence-corrected chi connectivity index (χ0v) is 12.3. The van der Waals surface area contributed by atoms with E-state index in [1.54, 1.807) is 12.1 Å². The molecule has 114 valence electrons. The van der Waals surface area contributed by atoms with Gasteiger partial charge < -0.3 is 10.2 Å². The van der Waals surface area contributed by atoms with Gasteiger partial charge in [-0.1, -0.05) is 36.4 Å². The minimum absolute atomic E-state index is 0.00380. The van der Waals surface area contributed by atoms with Crippen LogP contribution < -0.4 is 0 Å². The minimum atomic E-state index is -0.910. The van der Waals surface area contributed by atoms with Crippen molar-refractivity contribution in [2.75, 3.05) is 13.2 Å². The van der Waals surface area contributed by atoms with E-state index in [2.05, 4.69) is 17.0 Å². The molecule has 4 heteroatoms. The van der Waals surface area contributed by atoms with Crippen LogP contribution in [-0.4, -0.2) is 34.2 Å². The van der Waals surface area contributed by atoms with Gasteiger partial charge in [-0.15, -0.1) is 0 Å². The number of hydrogen-bond donors (Lipinski definition) is 2. The van der Waals surface area contributed by atoms with Crippen LogP contribution in [0.2, 0.25) is 0 Å². The zero-order valence-electron chi connectivity index (χ0n) is 12.3. The van der Waals surface area contributed by atoms with Crippen LogP contribution in [-0.2, 0) is 13.0 Å². The molecule has 1 heterocycles. The van der Waals surface area contributed by atoms with E-state index < -0.39 is 5.97 Å². The second-order valence-electron chi connectivity index (χ2n) is 5.62. The number of aromatic carboxylic acids is 1. The molecular weight excluding hydrogens is 278 g/mol. The molecule has 0 aliphatic carbocycles. The number of aliphatic hydroxyl groups excluding tert-OH is 1. The number of carbonyl (C=O) groups is 1. The Kier molecular flexibility index (Phi) is 4.22. The van der Waals surface area contributed by atoms with Gasteiger partial charge in [-0.05, 0) is 35.2 Å². The van der Waals surface area contributed by atoms with Crippen LogP contribution in [0, 0.1) is 0 Å². The van der Waals surface area contributed by atoms with Gasteiger partial charge in [-0.2, -0.15) is 0 Å². The zero-order chi connectivity index (χ0) is 15.5. The summed E-state index contributed by atoms with van der Waals surface area (Å²) in [4.78, 5) is 13.1. The van der Waals surface area contributed by atoms with E-state index >= 15 is 0 Å². The third-order valence-corrected chi connectivity index (χ3v) is 4.28. The molecule has 2 N–H and O–H groups in total. The lowest BCUT2D eigenvalue weighted by molar-refractivity contribution is 0.0697. The van der Waals surface area contributed by atoms with E-state index in [1.807, 2.05) is 24.3 Å². The smallest absolute Gasteiger partial charge is 0.335 e. The number of carboxylic acid groups (broad SMARTS) is 1. The molecule has 0 saturated carbocycles. The van der Waals surface area contributed by atoms with Crippen molar-refractivity contribution in [1.82, 2.24) is 4.90 Å². The van der Waals surface area contributed by atoms with Gasteiger partial charge in [0.25, 0.3) is 0 Å². The van der Waals surface area contributed by atoms with Crippen LogP contribution in [0.15, 0.2) is 48.5 Å². The number of aliphatic hydroxyl groups is 1. The van der Waals surface area contributed by atoms with Gasteiger partial charge in [-0.3, -0.25) is 4.90 Å². The molecule has 1 aliphatic heterocycles. The summed E-state index contributed by atoms with van der Waals surface area (Å²) in [5.74, 6) is -0.910. The molecule has 1 aliphatic rings. The Morgan fingerprint density at radius 2 is 1.86 bits per heavy atom. The maximum atomic E-state index is 10.9. The molecule has 0 radical (unpaired) electrons. The Bertz CT molecular complexity index is 666. The second-order valence-corrected chi connectivity index (χ2v) is 5.62. The molecular formula is C18H19NO3. The molecule has 0 fully saturated rings. The summed E-state index contributed by atoms with van der Waals surface area (Å²) in [5.41, 5.74) is 3.85. The molecule has 22 heavy (non-hydrogen) atoms. The molecule has 1 atom stereocenters. The minimum Gasteiger partial charge on any atom is -0.478 e. The summed E-state index contributed by atoms with van der Waals surface area (Å²) in [6.07, 6.45) is 0.972. The number of carboxylic acids is 1. The van der Waals surface area contributed by atoms with Crippen molar-refractivity contribution < 1.29 is 15.0 Å². The van der Waals surface area contributed by atoms with Gasteiger partial charge in [-0.25, -0.2) is 4.79 Å². The standard InChI is InChI=1S/C18H19NO3/c20-12-17-16-4-2-1-3-14(16)9-10-19(17)11-13-5-7-15(8-6-13)18(21)22/h1-8,17,20H,9-12H2,(H,21,22). The molecule has 2 aromatic carbocycles. The Hall–Kier alpha value is -2.17. The third kappa shape index (κ3) is 2.89. The van der Waals surface area contributed by atoms with Gasteiger partial charge in [0, 0.05) is 13.1 Å². The average molecular weight is 297 g/mol. The first-order chi connectivity index (χ1) is 10.7. The summed E-state index contributed by atoms with van der Waals surface area (Å²) in [6, 6.07) is 15.2. The molecule has 3 rings (SSSR count). The maximum absolute atomic E-state index is 10.9. The third-order valence-electron chi connectivity index (χ3n) is 4.28. The lowest BCUT2D eigenvalue weighted by Crippen LogP contribution is -2.36. The van der Waals surface area contributed by atoms with Crippen molar-refractivity contribution in [1.29, 1.82) is 0 Å². The van der Waals surface area contributed by atoms with Crippen LogP contribution in [0.1, 0.15) is 33.1 Å². The van der Waals surface area contributed by atoms with Gasteiger partial charge in [0.2, 0.25) is 0 Å².